The number of methoxy groups -OCH3 is 1. The molecule has 0 bridgehead atoms. The minimum absolute atomic E-state index is 0.102. The summed E-state index contributed by atoms with van der Waals surface area (Å²) in [5.74, 6) is 0.413. The predicted octanol–water partition coefficient (Wildman–Crippen LogP) is 2.90. The van der Waals surface area contributed by atoms with E-state index in [1.807, 2.05) is 26.0 Å². The lowest BCUT2D eigenvalue weighted by atomic mass is 9.97. The van der Waals surface area contributed by atoms with Crippen molar-refractivity contribution >= 4 is 5.97 Å². The number of carboxylic acids is 1. The molecule has 5 nitrogen and oxygen atoms in total. The number of carbonyl (C=O) groups is 1. The Balaban J connectivity index is 2.58. The van der Waals surface area contributed by atoms with Crippen molar-refractivity contribution in [3.63, 3.8) is 0 Å². The molecule has 2 rings (SSSR count). The Morgan fingerprint density at radius 2 is 2.00 bits per heavy atom. The molecule has 0 unspecified atom stereocenters. The van der Waals surface area contributed by atoms with Crippen LogP contribution in [0.15, 0.2) is 16.7 Å². The van der Waals surface area contributed by atoms with Crippen molar-refractivity contribution in [2.75, 3.05) is 7.11 Å². The van der Waals surface area contributed by atoms with E-state index in [0.717, 1.165) is 22.4 Å². The molecule has 1 N–H and O–H groups in total. The quantitative estimate of drug-likeness (QED) is 0.928. The molecule has 0 saturated heterocycles. The summed E-state index contributed by atoms with van der Waals surface area (Å²) >= 11 is 0. The summed E-state index contributed by atoms with van der Waals surface area (Å²) < 4.78 is 10.6. The van der Waals surface area contributed by atoms with E-state index >= 15 is 0 Å². The van der Waals surface area contributed by atoms with Crippen LogP contribution in [0.4, 0.5) is 0 Å². The predicted molar refractivity (Wildman–Crippen MR) is 74.0 cm³/mol. The van der Waals surface area contributed by atoms with Crippen LogP contribution in [0.1, 0.15) is 22.4 Å². The first kappa shape index (κ1) is 14.1. The summed E-state index contributed by atoms with van der Waals surface area (Å²) in [6, 6.07) is 3.71. The van der Waals surface area contributed by atoms with Crippen LogP contribution in [-0.4, -0.2) is 23.3 Å². The first-order valence-electron chi connectivity index (χ1n) is 6.27. The summed E-state index contributed by atoms with van der Waals surface area (Å²) in [4.78, 5) is 11.0. The molecule has 0 atom stereocenters. The fourth-order valence-corrected chi connectivity index (χ4v) is 2.22. The van der Waals surface area contributed by atoms with Gasteiger partial charge >= 0.3 is 5.97 Å². The van der Waals surface area contributed by atoms with Gasteiger partial charge in [-0.25, -0.2) is 0 Å². The van der Waals surface area contributed by atoms with Crippen molar-refractivity contribution in [2.24, 2.45) is 0 Å². The number of aryl methyl sites for hydroxylation is 1. The van der Waals surface area contributed by atoms with E-state index in [4.69, 9.17) is 14.4 Å². The molecule has 0 radical (unpaired) electrons. The zero-order valence-electron chi connectivity index (χ0n) is 12.0. The van der Waals surface area contributed by atoms with Crippen LogP contribution in [0.25, 0.3) is 11.3 Å². The fourth-order valence-electron chi connectivity index (χ4n) is 2.22. The highest BCUT2D eigenvalue weighted by atomic mass is 16.5. The van der Waals surface area contributed by atoms with Gasteiger partial charge in [-0.15, -0.1) is 0 Å². The molecule has 1 aromatic carbocycles. The minimum Gasteiger partial charge on any atom is -0.496 e. The Morgan fingerprint density at radius 3 is 2.60 bits per heavy atom. The number of ether oxygens (including phenoxy) is 1. The van der Waals surface area contributed by atoms with Crippen LogP contribution in [0.5, 0.6) is 5.75 Å². The van der Waals surface area contributed by atoms with Crippen molar-refractivity contribution in [1.29, 1.82) is 0 Å². The zero-order chi connectivity index (χ0) is 14.9. The minimum atomic E-state index is -0.902. The second-order valence-electron chi connectivity index (χ2n) is 4.71. The van der Waals surface area contributed by atoms with Gasteiger partial charge in [0, 0.05) is 11.1 Å². The highest BCUT2D eigenvalue weighted by Gasteiger charge is 2.20. The standard InChI is InChI=1S/C15H17NO4/c1-8-9(2)13(19-4)6-5-11(8)15-12(7-14(17)18)10(3)16-20-15/h5-6H,7H2,1-4H3,(H,17,18). The van der Waals surface area contributed by atoms with Crippen molar-refractivity contribution in [2.45, 2.75) is 27.2 Å². The first-order chi connectivity index (χ1) is 9.45. The Bertz CT molecular complexity index is 658. The zero-order valence-corrected chi connectivity index (χ0v) is 12.0. The molecule has 0 amide bonds. The van der Waals surface area contributed by atoms with Crippen LogP contribution < -0.4 is 4.74 Å². The van der Waals surface area contributed by atoms with Gasteiger partial charge < -0.3 is 14.4 Å². The third-order valence-corrected chi connectivity index (χ3v) is 3.51. The Morgan fingerprint density at radius 1 is 1.30 bits per heavy atom. The van der Waals surface area contributed by atoms with Gasteiger partial charge in [-0.05, 0) is 44.0 Å². The number of hydrogen-bond donors (Lipinski definition) is 1. The van der Waals surface area contributed by atoms with Gasteiger partial charge in [-0.2, -0.15) is 0 Å². The molecule has 0 saturated carbocycles. The Kier molecular flexibility index (Phi) is 3.79. The maximum atomic E-state index is 11.0. The lowest BCUT2D eigenvalue weighted by molar-refractivity contribution is -0.136. The molecule has 0 aliphatic rings. The summed E-state index contributed by atoms with van der Waals surface area (Å²) in [5, 5.41) is 12.9. The molecular weight excluding hydrogens is 258 g/mol. The van der Waals surface area contributed by atoms with Crippen LogP contribution in [0, 0.1) is 20.8 Å². The summed E-state index contributed by atoms with van der Waals surface area (Å²) in [6.07, 6.45) is -0.102. The smallest absolute Gasteiger partial charge is 0.308 e. The molecular formula is C15H17NO4. The average molecular weight is 275 g/mol. The number of aliphatic carboxylic acids is 1. The maximum Gasteiger partial charge on any atom is 0.308 e. The molecule has 1 aromatic heterocycles. The van der Waals surface area contributed by atoms with Gasteiger partial charge in [0.05, 0.1) is 19.2 Å². The largest absolute Gasteiger partial charge is 0.496 e. The molecule has 0 aliphatic heterocycles. The topological polar surface area (TPSA) is 72.6 Å². The third-order valence-electron chi connectivity index (χ3n) is 3.51. The van der Waals surface area contributed by atoms with E-state index in [0.29, 0.717) is 17.0 Å². The van der Waals surface area contributed by atoms with Crippen LogP contribution in [-0.2, 0) is 11.2 Å². The lowest BCUT2D eigenvalue weighted by Crippen LogP contribution is -2.02. The van der Waals surface area contributed by atoms with Gasteiger partial charge in [0.25, 0.3) is 0 Å². The molecule has 0 fully saturated rings. The van der Waals surface area contributed by atoms with Crippen molar-refractivity contribution in [3.8, 4) is 17.1 Å². The van der Waals surface area contributed by atoms with Crippen LogP contribution in [0.3, 0.4) is 0 Å². The van der Waals surface area contributed by atoms with Gasteiger partial charge in [0.1, 0.15) is 5.75 Å². The van der Waals surface area contributed by atoms with Gasteiger partial charge in [-0.1, -0.05) is 5.16 Å². The summed E-state index contributed by atoms with van der Waals surface area (Å²) in [7, 11) is 1.62. The van der Waals surface area contributed by atoms with E-state index in [9.17, 15) is 4.79 Å². The number of nitrogens with zero attached hydrogens (tertiary/aromatic N) is 1. The van der Waals surface area contributed by atoms with E-state index in [1.165, 1.54) is 0 Å². The first-order valence-corrected chi connectivity index (χ1v) is 6.27. The summed E-state index contributed by atoms with van der Waals surface area (Å²) in [6.45, 7) is 5.66. The number of aromatic nitrogens is 1. The number of hydrogen-bond acceptors (Lipinski definition) is 4. The van der Waals surface area contributed by atoms with E-state index in [-0.39, 0.29) is 6.42 Å². The van der Waals surface area contributed by atoms with Gasteiger partial charge in [0.15, 0.2) is 5.76 Å². The normalized spacial score (nSPS) is 10.6. The Hall–Kier alpha value is -2.30. The highest BCUT2D eigenvalue weighted by Crippen LogP contribution is 2.34. The highest BCUT2D eigenvalue weighted by molar-refractivity contribution is 5.76. The SMILES string of the molecule is COc1ccc(-c2onc(C)c2CC(=O)O)c(C)c1C. The lowest BCUT2D eigenvalue weighted by Gasteiger charge is -2.11. The molecule has 0 aliphatic carbocycles. The monoisotopic (exact) mass is 275 g/mol. The molecule has 20 heavy (non-hydrogen) atoms. The Labute approximate surface area is 117 Å². The molecule has 1 heterocycles. The molecule has 106 valence electrons. The van der Waals surface area contributed by atoms with E-state index < -0.39 is 5.97 Å². The molecule has 2 aromatic rings. The van der Waals surface area contributed by atoms with Crippen molar-refractivity contribution in [1.82, 2.24) is 5.16 Å². The van der Waals surface area contributed by atoms with Crippen molar-refractivity contribution in [3.05, 3.63) is 34.5 Å². The van der Waals surface area contributed by atoms with Crippen LogP contribution in [0.2, 0.25) is 0 Å². The maximum absolute atomic E-state index is 11.0. The second kappa shape index (κ2) is 5.36. The number of rotatable bonds is 4. The van der Waals surface area contributed by atoms with Gasteiger partial charge in [0.2, 0.25) is 0 Å². The number of benzene rings is 1. The molecule has 5 heteroatoms. The van der Waals surface area contributed by atoms with E-state index in [1.54, 1.807) is 14.0 Å². The second-order valence-corrected chi connectivity index (χ2v) is 4.71. The molecule has 0 spiro atoms. The van der Waals surface area contributed by atoms with E-state index in [2.05, 4.69) is 5.16 Å². The van der Waals surface area contributed by atoms with Gasteiger partial charge in [-0.3, -0.25) is 4.79 Å². The van der Waals surface area contributed by atoms with Crippen molar-refractivity contribution < 1.29 is 19.2 Å². The fraction of sp³-hybridized carbons (Fsp3) is 0.333. The summed E-state index contributed by atoms with van der Waals surface area (Å²) in [5.41, 5.74) is 4.06. The third kappa shape index (κ3) is 2.39. The average Bonchev–Trinajstić information content (AvgIpc) is 2.74. The van der Waals surface area contributed by atoms with Crippen LogP contribution >= 0.6 is 0 Å². The number of carboxylic acid groups (broad SMARTS) is 1.